The van der Waals surface area contributed by atoms with Crippen molar-refractivity contribution < 1.29 is 4.92 Å². The average Bonchev–Trinajstić information content (AvgIpc) is 2.55. The topological polar surface area (TPSA) is 70.8 Å². The molecule has 0 aliphatic heterocycles. The third-order valence-corrected chi connectivity index (χ3v) is 3.60. The van der Waals surface area contributed by atoms with Crippen LogP contribution in [-0.2, 0) is 6.54 Å². The Morgan fingerprint density at radius 2 is 2.13 bits per heavy atom. The smallest absolute Gasteiger partial charge is 0.274 e. The Hall–Kier alpha value is -2.37. The highest BCUT2D eigenvalue weighted by molar-refractivity contribution is 5.79. The van der Waals surface area contributed by atoms with Gasteiger partial charge in [-0.1, -0.05) is 30.7 Å². The van der Waals surface area contributed by atoms with E-state index in [0.717, 1.165) is 38.2 Å². The summed E-state index contributed by atoms with van der Waals surface area (Å²) in [5, 5.41) is 14.2. The van der Waals surface area contributed by atoms with Crippen LogP contribution in [0.1, 0.15) is 31.2 Å². The number of benzene rings is 1. The summed E-state index contributed by atoms with van der Waals surface area (Å²) in [6.07, 6.45) is 6.37. The van der Waals surface area contributed by atoms with E-state index >= 15 is 0 Å². The van der Waals surface area contributed by atoms with Gasteiger partial charge in [0.2, 0.25) is 0 Å². The predicted molar refractivity (Wildman–Crippen MR) is 94.6 cm³/mol. The van der Waals surface area contributed by atoms with Gasteiger partial charge >= 0.3 is 0 Å². The molecule has 1 aromatic rings. The van der Waals surface area contributed by atoms with Crippen molar-refractivity contribution in [3.8, 4) is 0 Å². The van der Waals surface area contributed by atoms with E-state index in [0.29, 0.717) is 12.1 Å². The molecule has 0 spiro atoms. The van der Waals surface area contributed by atoms with Crippen molar-refractivity contribution in [2.75, 3.05) is 20.6 Å². The molecule has 0 radical (unpaired) electrons. The van der Waals surface area contributed by atoms with Crippen molar-refractivity contribution in [2.45, 2.75) is 32.2 Å². The van der Waals surface area contributed by atoms with Gasteiger partial charge in [-0.15, -0.1) is 6.58 Å². The van der Waals surface area contributed by atoms with Gasteiger partial charge in [0.05, 0.1) is 4.92 Å². The minimum absolute atomic E-state index is 0.127. The Kier molecular flexibility index (Phi) is 8.42. The quantitative estimate of drug-likeness (QED) is 0.189. The van der Waals surface area contributed by atoms with Crippen molar-refractivity contribution in [1.82, 2.24) is 10.2 Å². The first kappa shape index (κ1) is 18.7. The monoisotopic (exact) mass is 318 g/mol. The van der Waals surface area contributed by atoms with Crippen LogP contribution in [-0.4, -0.2) is 36.4 Å². The van der Waals surface area contributed by atoms with Crippen LogP contribution in [0.4, 0.5) is 5.69 Å². The molecule has 1 aromatic carbocycles. The molecular weight excluding hydrogens is 292 g/mol. The fourth-order valence-corrected chi connectivity index (χ4v) is 2.32. The molecule has 0 amide bonds. The number of aliphatic imine (C=N–C) groups is 1. The second-order valence-electron chi connectivity index (χ2n) is 5.35. The minimum atomic E-state index is -0.358. The maximum Gasteiger partial charge on any atom is 0.274 e. The second kappa shape index (κ2) is 10.4. The molecule has 0 saturated heterocycles. The van der Waals surface area contributed by atoms with Crippen molar-refractivity contribution in [1.29, 1.82) is 0 Å². The molecule has 0 unspecified atom stereocenters. The van der Waals surface area contributed by atoms with Gasteiger partial charge in [0, 0.05) is 38.8 Å². The number of nitrogens with one attached hydrogen (secondary N) is 1. The Labute approximate surface area is 138 Å². The van der Waals surface area contributed by atoms with Gasteiger partial charge in [0.15, 0.2) is 5.96 Å². The van der Waals surface area contributed by atoms with Crippen LogP contribution in [0.5, 0.6) is 0 Å². The summed E-state index contributed by atoms with van der Waals surface area (Å²) in [6, 6.07) is 6.75. The van der Waals surface area contributed by atoms with Gasteiger partial charge in [-0.2, -0.15) is 0 Å². The molecule has 0 aliphatic rings. The maximum absolute atomic E-state index is 11.0. The number of unbranched alkanes of at least 4 members (excludes halogenated alkanes) is 3. The minimum Gasteiger partial charge on any atom is -0.352 e. The van der Waals surface area contributed by atoms with Crippen molar-refractivity contribution in [2.24, 2.45) is 4.99 Å². The Morgan fingerprint density at radius 3 is 2.78 bits per heavy atom. The molecule has 6 nitrogen and oxygen atoms in total. The summed E-state index contributed by atoms with van der Waals surface area (Å²) in [7, 11) is 3.69. The van der Waals surface area contributed by atoms with Crippen molar-refractivity contribution >= 4 is 11.6 Å². The summed E-state index contributed by atoms with van der Waals surface area (Å²) in [4.78, 5) is 17.0. The zero-order valence-electron chi connectivity index (χ0n) is 14.0. The maximum atomic E-state index is 11.0. The van der Waals surface area contributed by atoms with Crippen LogP contribution in [0.15, 0.2) is 41.9 Å². The number of nitrogens with zero attached hydrogens (tertiary/aromatic N) is 3. The van der Waals surface area contributed by atoms with Crippen LogP contribution >= 0.6 is 0 Å². The number of nitro groups is 1. The fraction of sp³-hybridized carbons (Fsp3) is 0.471. The summed E-state index contributed by atoms with van der Waals surface area (Å²) < 4.78 is 0. The molecule has 0 fully saturated rings. The first-order chi connectivity index (χ1) is 11.1. The first-order valence-electron chi connectivity index (χ1n) is 7.85. The van der Waals surface area contributed by atoms with E-state index in [1.165, 1.54) is 6.07 Å². The molecule has 23 heavy (non-hydrogen) atoms. The molecule has 0 heterocycles. The predicted octanol–water partition coefficient (Wildman–Crippen LogP) is 3.35. The van der Waals surface area contributed by atoms with Gasteiger partial charge in [-0.3, -0.25) is 15.1 Å². The van der Waals surface area contributed by atoms with Crippen LogP contribution < -0.4 is 5.32 Å². The molecule has 0 aromatic heterocycles. The molecular formula is C17H26N4O2. The molecule has 6 heteroatoms. The molecule has 1 rings (SSSR count). The number of hydrogen-bond donors (Lipinski definition) is 1. The van der Waals surface area contributed by atoms with E-state index in [2.05, 4.69) is 16.9 Å². The highest BCUT2D eigenvalue weighted by Gasteiger charge is 2.13. The van der Waals surface area contributed by atoms with Gasteiger partial charge < -0.3 is 10.2 Å². The number of rotatable bonds is 9. The third-order valence-electron chi connectivity index (χ3n) is 3.60. The van der Waals surface area contributed by atoms with E-state index < -0.39 is 0 Å². The number of allylic oxidation sites excluding steroid dienone is 1. The Morgan fingerprint density at radius 1 is 1.39 bits per heavy atom. The summed E-state index contributed by atoms with van der Waals surface area (Å²) >= 11 is 0. The zero-order valence-corrected chi connectivity index (χ0v) is 14.0. The number of guanidine groups is 1. The van der Waals surface area contributed by atoms with E-state index in [1.54, 1.807) is 25.2 Å². The average molecular weight is 318 g/mol. The van der Waals surface area contributed by atoms with Gasteiger partial charge in [0.1, 0.15) is 0 Å². The van der Waals surface area contributed by atoms with E-state index in [-0.39, 0.29) is 10.6 Å². The van der Waals surface area contributed by atoms with Gasteiger partial charge in [0.25, 0.3) is 5.69 Å². The summed E-state index contributed by atoms with van der Waals surface area (Å²) in [6.45, 7) is 5.00. The standard InChI is InChI=1S/C17H26N4O2/c1-4-5-6-7-10-13-20(3)17(18-2)19-14-15-11-8-9-12-16(15)21(22)23/h4,8-9,11-12H,1,5-7,10,13-14H2,2-3H3,(H,18,19). The Bertz CT molecular complexity index is 543. The molecule has 0 bridgehead atoms. The Balaban J connectivity index is 2.51. The lowest BCUT2D eigenvalue weighted by molar-refractivity contribution is -0.385. The van der Waals surface area contributed by atoms with Crippen LogP contribution in [0.3, 0.4) is 0 Å². The van der Waals surface area contributed by atoms with Crippen molar-refractivity contribution in [3.63, 3.8) is 0 Å². The highest BCUT2D eigenvalue weighted by Crippen LogP contribution is 2.17. The lowest BCUT2D eigenvalue weighted by Gasteiger charge is -2.22. The van der Waals surface area contributed by atoms with Crippen LogP contribution in [0, 0.1) is 10.1 Å². The highest BCUT2D eigenvalue weighted by atomic mass is 16.6. The number of nitro benzene ring substituents is 1. The molecule has 0 saturated carbocycles. The zero-order chi connectivity index (χ0) is 17.1. The van der Waals surface area contributed by atoms with Crippen LogP contribution in [0.2, 0.25) is 0 Å². The van der Waals surface area contributed by atoms with E-state index in [1.807, 2.05) is 18.0 Å². The normalized spacial score (nSPS) is 11.1. The molecule has 0 atom stereocenters. The number of para-hydroxylation sites is 1. The van der Waals surface area contributed by atoms with Crippen LogP contribution in [0.25, 0.3) is 0 Å². The van der Waals surface area contributed by atoms with Crippen molar-refractivity contribution in [3.05, 3.63) is 52.6 Å². The largest absolute Gasteiger partial charge is 0.352 e. The van der Waals surface area contributed by atoms with E-state index in [4.69, 9.17) is 0 Å². The fourth-order valence-electron chi connectivity index (χ4n) is 2.32. The van der Waals surface area contributed by atoms with Gasteiger partial charge in [-0.05, 0) is 19.3 Å². The molecule has 126 valence electrons. The first-order valence-corrected chi connectivity index (χ1v) is 7.85. The van der Waals surface area contributed by atoms with Gasteiger partial charge in [-0.25, -0.2) is 0 Å². The lowest BCUT2D eigenvalue weighted by atomic mass is 10.2. The summed E-state index contributed by atoms with van der Waals surface area (Å²) in [5.74, 6) is 0.742. The molecule has 0 aliphatic carbocycles. The number of hydrogen-bond acceptors (Lipinski definition) is 3. The SMILES string of the molecule is C=CCCCCCN(C)C(=NC)NCc1ccccc1[N+](=O)[O-]. The molecule has 1 N–H and O–H groups in total. The second-order valence-corrected chi connectivity index (χ2v) is 5.35. The lowest BCUT2D eigenvalue weighted by Crippen LogP contribution is -2.39. The van der Waals surface area contributed by atoms with E-state index in [9.17, 15) is 10.1 Å². The summed E-state index contributed by atoms with van der Waals surface area (Å²) in [5.41, 5.74) is 0.778. The third kappa shape index (κ3) is 6.50.